The number of aryl methyl sites for hydroxylation is 4. The maximum absolute atomic E-state index is 13.1. The number of hydrogen-bond acceptors (Lipinski definition) is 5. The van der Waals surface area contributed by atoms with Crippen molar-refractivity contribution in [3.8, 4) is 0 Å². The third-order valence-electron chi connectivity index (χ3n) is 4.80. The monoisotopic (exact) mass is 399 g/mol. The summed E-state index contributed by atoms with van der Waals surface area (Å²) < 4.78 is 7.06. The maximum Gasteiger partial charge on any atom is 0.350 e. The zero-order chi connectivity index (χ0) is 20.4. The van der Waals surface area contributed by atoms with E-state index < -0.39 is 5.97 Å². The second-order valence-corrected chi connectivity index (χ2v) is 7.53. The van der Waals surface area contributed by atoms with E-state index in [1.54, 1.807) is 13.8 Å². The molecule has 0 spiro atoms. The molecule has 1 amide bonds. The van der Waals surface area contributed by atoms with E-state index in [1.807, 2.05) is 18.4 Å². The van der Waals surface area contributed by atoms with E-state index in [0.29, 0.717) is 34.5 Å². The van der Waals surface area contributed by atoms with Crippen molar-refractivity contribution in [3.05, 3.63) is 45.6 Å². The summed E-state index contributed by atoms with van der Waals surface area (Å²) in [5.41, 5.74) is 4.41. The third-order valence-corrected chi connectivity index (χ3v) is 5.85. The Morgan fingerprint density at radius 2 is 1.96 bits per heavy atom. The number of carbonyl (C=O) groups excluding carboxylic acids is 2. The molecule has 28 heavy (non-hydrogen) atoms. The number of aromatic nitrogens is 2. The van der Waals surface area contributed by atoms with Crippen molar-refractivity contribution in [1.29, 1.82) is 0 Å². The van der Waals surface area contributed by atoms with Crippen molar-refractivity contribution in [3.63, 3.8) is 0 Å². The van der Waals surface area contributed by atoms with E-state index in [2.05, 4.69) is 35.4 Å². The quantitative estimate of drug-likeness (QED) is 0.609. The summed E-state index contributed by atoms with van der Waals surface area (Å²) in [6.07, 6.45) is 0.948. The van der Waals surface area contributed by atoms with Gasteiger partial charge in [-0.1, -0.05) is 24.3 Å². The number of anilines is 1. The second-order valence-electron chi connectivity index (χ2n) is 6.53. The van der Waals surface area contributed by atoms with Crippen LogP contribution in [0, 0.1) is 13.8 Å². The fraction of sp³-hybridized carbons (Fsp3) is 0.381. The van der Waals surface area contributed by atoms with Crippen LogP contribution in [0.4, 0.5) is 5.13 Å². The Morgan fingerprint density at radius 1 is 1.21 bits per heavy atom. The number of ether oxygens (including phenoxy) is 1. The van der Waals surface area contributed by atoms with Gasteiger partial charge in [-0.2, -0.15) is 0 Å². The predicted octanol–water partition coefficient (Wildman–Crippen LogP) is 4.73. The molecule has 0 aliphatic rings. The molecule has 0 bridgehead atoms. The summed E-state index contributed by atoms with van der Waals surface area (Å²) in [7, 11) is 0. The molecule has 3 aromatic rings. The standard InChI is InChI=1S/C21H25N3O3S/c1-6-14-9-10-16-15(11-14)12(4)17(24(16)7-2)19(25)23-21-22-13(5)18(28-21)20(26)27-8-3/h9-11H,6-8H2,1-5H3,(H,22,23,25). The van der Waals surface area contributed by atoms with Gasteiger partial charge >= 0.3 is 5.97 Å². The number of nitrogens with one attached hydrogen (secondary N) is 1. The largest absolute Gasteiger partial charge is 0.462 e. The van der Waals surface area contributed by atoms with Crippen LogP contribution in [0.1, 0.15) is 57.8 Å². The summed E-state index contributed by atoms with van der Waals surface area (Å²) in [6.45, 7) is 10.6. The van der Waals surface area contributed by atoms with Crippen LogP contribution in [-0.2, 0) is 17.7 Å². The second kappa shape index (κ2) is 8.14. The summed E-state index contributed by atoms with van der Waals surface area (Å²) in [5, 5.41) is 4.35. The van der Waals surface area contributed by atoms with Crippen LogP contribution in [0.3, 0.4) is 0 Å². The molecular formula is C21H25N3O3S. The maximum atomic E-state index is 13.1. The molecule has 7 heteroatoms. The minimum absolute atomic E-state index is 0.224. The van der Waals surface area contributed by atoms with Crippen LogP contribution in [0.25, 0.3) is 10.9 Å². The minimum Gasteiger partial charge on any atom is -0.462 e. The lowest BCUT2D eigenvalue weighted by molar-refractivity contribution is 0.0531. The Morgan fingerprint density at radius 3 is 2.61 bits per heavy atom. The van der Waals surface area contributed by atoms with Crippen LogP contribution >= 0.6 is 11.3 Å². The van der Waals surface area contributed by atoms with Gasteiger partial charge in [0.25, 0.3) is 5.91 Å². The van der Waals surface area contributed by atoms with E-state index in [9.17, 15) is 9.59 Å². The van der Waals surface area contributed by atoms with Gasteiger partial charge < -0.3 is 9.30 Å². The highest BCUT2D eigenvalue weighted by atomic mass is 32.1. The van der Waals surface area contributed by atoms with Gasteiger partial charge in [0, 0.05) is 17.4 Å². The number of amides is 1. The first-order valence-corrected chi connectivity index (χ1v) is 10.3. The van der Waals surface area contributed by atoms with Gasteiger partial charge in [-0.3, -0.25) is 10.1 Å². The Bertz CT molecular complexity index is 1050. The molecule has 148 valence electrons. The number of hydrogen-bond donors (Lipinski definition) is 1. The average Bonchev–Trinajstić information content (AvgIpc) is 3.18. The van der Waals surface area contributed by atoms with Gasteiger partial charge in [0.15, 0.2) is 5.13 Å². The van der Waals surface area contributed by atoms with Crippen molar-refractivity contribution in [2.75, 3.05) is 11.9 Å². The lowest BCUT2D eigenvalue weighted by Gasteiger charge is -2.08. The number of thiazole rings is 1. The molecular weight excluding hydrogens is 374 g/mol. The molecule has 0 aliphatic carbocycles. The fourth-order valence-corrected chi connectivity index (χ4v) is 4.26. The zero-order valence-corrected chi connectivity index (χ0v) is 17.7. The number of fused-ring (bicyclic) bond motifs is 1. The Kier molecular flexibility index (Phi) is 5.84. The molecule has 2 aromatic heterocycles. The topological polar surface area (TPSA) is 73.2 Å². The van der Waals surface area contributed by atoms with Gasteiger partial charge in [-0.05, 0) is 57.4 Å². The highest BCUT2D eigenvalue weighted by Crippen LogP contribution is 2.29. The van der Waals surface area contributed by atoms with Crippen molar-refractivity contribution < 1.29 is 14.3 Å². The SMILES string of the molecule is CCOC(=O)c1sc(NC(=O)c2c(C)c3cc(CC)ccc3n2CC)nc1C. The van der Waals surface area contributed by atoms with Gasteiger partial charge in [-0.25, -0.2) is 9.78 Å². The summed E-state index contributed by atoms with van der Waals surface area (Å²) >= 11 is 1.14. The molecule has 2 heterocycles. The first-order chi connectivity index (χ1) is 13.4. The molecule has 6 nitrogen and oxygen atoms in total. The van der Waals surface area contributed by atoms with E-state index in [4.69, 9.17) is 4.74 Å². The third kappa shape index (κ3) is 3.54. The van der Waals surface area contributed by atoms with Crippen LogP contribution in [-0.4, -0.2) is 28.0 Å². The number of nitrogens with zero attached hydrogens (tertiary/aromatic N) is 2. The molecule has 3 rings (SSSR count). The Hall–Kier alpha value is -2.67. The number of esters is 1. The highest BCUT2D eigenvalue weighted by Gasteiger charge is 2.22. The van der Waals surface area contributed by atoms with Gasteiger partial charge in [0.05, 0.1) is 12.3 Å². The highest BCUT2D eigenvalue weighted by molar-refractivity contribution is 7.17. The first kappa shape index (κ1) is 20.1. The molecule has 0 saturated carbocycles. The normalized spacial score (nSPS) is 11.0. The number of benzene rings is 1. The molecule has 0 atom stereocenters. The molecule has 0 saturated heterocycles. The van der Waals surface area contributed by atoms with E-state index >= 15 is 0 Å². The number of carbonyl (C=O) groups is 2. The molecule has 0 radical (unpaired) electrons. The van der Waals surface area contributed by atoms with E-state index in [0.717, 1.165) is 34.2 Å². The van der Waals surface area contributed by atoms with Gasteiger partial charge in [-0.15, -0.1) is 0 Å². The van der Waals surface area contributed by atoms with Crippen LogP contribution < -0.4 is 5.32 Å². The van der Waals surface area contributed by atoms with Crippen LogP contribution in [0.5, 0.6) is 0 Å². The molecule has 1 N–H and O–H groups in total. The lowest BCUT2D eigenvalue weighted by Crippen LogP contribution is -2.17. The van der Waals surface area contributed by atoms with Crippen molar-refractivity contribution in [2.24, 2.45) is 0 Å². The van der Waals surface area contributed by atoms with Crippen molar-refractivity contribution >= 4 is 39.2 Å². The van der Waals surface area contributed by atoms with Gasteiger partial charge in [0.2, 0.25) is 0 Å². The first-order valence-electron chi connectivity index (χ1n) is 9.48. The summed E-state index contributed by atoms with van der Waals surface area (Å²) in [5.74, 6) is -0.637. The summed E-state index contributed by atoms with van der Waals surface area (Å²) in [4.78, 5) is 29.8. The molecule has 0 unspecified atom stereocenters. The van der Waals surface area contributed by atoms with Crippen molar-refractivity contribution in [1.82, 2.24) is 9.55 Å². The fourth-order valence-electron chi connectivity index (χ4n) is 3.40. The van der Waals surface area contributed by atoms with E-state index in [1.165, 1.54) is 5.56 Å². The smallest absolute Gasteiger partial charge is 0.350 e. The Balaban J connectivity index is 1.97. The predicted molar refractivity (Wildman–Crippen MR) is 112 cm³/mol. The Labute approximate surface area is 168 Å². The van der Waals surface area contributed by atoms with E-state index in [-0.39, 0.29) is 5.91 Å². The van der Waals surface area contributed by atoms with Crippen molar-refractivity contribution in [2.45, 2.75) is 47.6 Å². The summed E-state index contributed by atoms with van der Waals surface area (Å²) in [6, 6.07) is 6.33. The van der Waals surface area contributed by atoms with Crippen LogP contribution in [0.15, 0.2) is 18.2 Å². The molecule has 0 fully saturated rings. The number of rotatable bonds is 6. The molecule has 1 aromatic carbocycles. The molecule has 0 aliphatic heterocycles. The van der Waals surface area contributed by atoms with Crippen LogP contribution in [0.2, 0.25) is 0 Å². The average molecular weight is 400 g/mol. The zero-order valence-electron chi connectivity index (χ0n) is 16.9. The minimum atomic E-state index is -0.413. The lowest BCUT2D eigenvalue weighted by atomic mass is 10.1. The van der Waals surface area contributed by atoms with Gasteiger partial charge in [0.1, 0.15) is 10.6 Å².